The van der Waals surface area contributed by atoms with E-state index in [0.717, 1.165) is 5.69 Å². The van der Waals surface area contributed by atoms with E-state index < -0.39 is 11.5 Å². The molecule has 16 heavy (non-hydrogen) atoms. The fourth-order valence-electron chi connectivity index (χ4n) is 1.70. The van der Waals surface area contributed by atoms with Crippen LogP contribution in [0, 0.1) is 0 Å². The smallest absolute Gasteiger partial charge is 0.331 e. The van der Waals surface area contributed by atoms with Crippen molar-refractivity contribution < 1.29 is 14.6 Å². The van der Waals surface area contributed by atoms with Gasteiger partial charge in [-0.1, -0.05) is 11.6 Å². The highest BCUT2D eigenvalue weighted by Gasteiger charge is 2.42. The lowest BCUT2D eigenvalue weighted by Crippen LogP contribution is -2.46. The first-order valence-corrected chi connectivity index (χ1v) is 5.35. The molecule has 0 amide bonds. The van der Waals surface area contributed by atoms with Crippen molar-refractivity contribution in [1.82, 2.24) is 0 Å². The van der Waals surface area contributed by atoms with Crippen molar-refractivity contribution in [3.8, 4) is 0 Å². The molecule has 0 aromatic heterocycles. The van der Waals surface area contributed by atoms with Gasteiger partial charge in [-0.3, -0.25) is 0 Å². The predicted molar refractivity (Wildman–Crippen MR) is 60.9 cm³/mol. The number of hydrogen-bond acceptors (Lipinski definition) is 3. The maximum absolute atomic E-state index is 11.2. The summed E-state index contributed by atoms with van der Waals surface area (Å²) < 4.78 is 5.15. The molecule has 2 N–H and O–H groups in total. The molecule has 0 aliphatic carbocycles. The predicted octanol–water partition coefficient (Wildman–Crippen LogP) is 2.00. The molecular formula is C11H12ClNO3. The molecule has 0 radical (unpaired) electrons. The molecule has 1 heterocycles. The van der Waals surface area contributed by atoms with Gasteiger partial charge in [-0.25, -0.2) is 4.79 Å². The minimum atomic E-state index is -1.01. The average Bonchev–Trinajstić information content (AvgIpc) is 2.71. The van der Waals surface area contributed by atoms with Gasteiger partial charge in [0.2, 0.25) is 0 Å². The Morgan fingerprint density at radius 2 is 2.12 bits per heavy atom. The van der Waals surface area contributed by atoms with E-state index in [1.54, 1.807) is 24.3 Å². The van der Waals surface area contributed by atoms with Crippen LogP contribution in [0.2, 0.25) is 5.02 Å². The summed E-state index contributed by atoms with van der Waals surface area (Å²) in [5.74, 6) is -0.889. The quantitative estimate of drug-likeness (QED) is 0.850. The Bertz CT molecular complexity index is 385. The van der Waals surface area contributed by atoms with E-state index in [2.05, 4.69) is 5.32 Å². The van der Waals surface area contributed by atoms with Crippen molar-refractivity contribution in [1.29, 1.82) is 0 Å². The molecule has 1 fully saturated rings. The highest BCUT2D eigenvalue weighted by atomic mass is 35.5. The Morgan fingerprint density at radius 3 is 2.62 bits per heavy atom. The molecule has 1 atom stereocenters. The van der Waals surface area contributed by atoms with E-state index in [0.29, 0.717) is 18.1 Å². The molecule has 86 valence electrons. The first-order valence-electron chi connectivity index (χ1n) is 4.97. The van der Waals surface area contributed by atoms with Gasteiger partial charge in [0.05, 0.1) is 6.61 Å². The summed E-state index contributed by atoms with van der Waals surface area (Å²) >= 11 is 5.76. The average molecular weight is 242 g/mol. The first-order chi connectivity index (χ1) is 7.62. The molecule has 4 nitrogen and oxygen atoms in total. The van der Waals surface area contributed by atoms with Gasteiger partial charge in [0.25, 0.3) is 0 Å². The molecule has 1 aliphatic heterocycles. The zero-order chi connectivity index (χ0) is 11.6. The summed E-state index contributed by atoms with van der Waals surface area (Å²) in [6.45, 7) is 0.651. The molecule has 0 saturated carbocycles. The molecule has 1 aliphatic rings. The van der Waals surface area contributed by atoms with E-state index in [9.17, 15) is 9.90 Å². The van der Waals surface area contributed by atoms with Crippen LogP contribution in [0.3, 0.4) is 0 Å². The molecular weight excluding hydrogens is 230 g/mol. The Hall–Kier alpha value is -1.26. The number of carbonyl (C=O) groups is 1. The third-order valence-corrected chi connectivity index (χ3v) is 2.91. The number of ether oxygens (including phenoxy) is 1. The van der Waals surface area contributed by atoms with Crippen LogP contribution in [0.5, 0.6) is 0 Å². The number of hydrogen-bond donors (Lipinski definition) is 2. The molecule has 0 spiro atoms. The van der Waals surface area contributed by atoms with Crippen LogP contribution in [-0.2, 0) is 9.53 Å². The number of rotatable bonds is 3. The van der Waals surface area contributed by atoms with Crippen molar-refractivity contribution in [2.24, 2.45) is 0 Å². The molecule has 1 unspecified atom stereocenters. The lowest BCUT2D eigenvalue weighted by molar-refractivity contribution is -0.142. The number of benzene rings is 1. The van der Waals surface area contributed by atoms with Crippen molar-refractivity contribution in [2.75, 3.05) is 18.5 Å². The highest BCUT2D eigenvalue weighted by molar-refractivity contribution is 6.30. The van der Waals surface area contributed by atoms with E-state index in [4.69, 9.17) is 16.3 Å². The Kier molecular flexibility index (Phi) is 3.03. The van der Waals surface area contributed by atoms with Gasteiger partial charge >= 0.3 is 5.97 Å². The lowest BCUT2D eigenvalue weighted by Gasteiger charge is -2.24. The van der Waals surface area contributed by atoms with Crippen LogP contribution in [0.15, 0.2) is 24.3 Å². The summed E-state index contributed by atoms with van der Waals surface area (Å²) in [7, 11) is 0. The summed E-state index contributed by atoms with van der Waals surface area (Å²) in [4.78, 5) is 11.2. The summed E-state index contributed by atoms with van der Waals surface area (Å²) in [6, 6.07) is 6.95. The van der Waals surface area contributed by atoms with Crippen LogP contribution in [-0.4, -0.2) is 29.8 Å². The summed E-state index contributed by atoms with van der Waals surface area (Å²) in [6.07, 6.45) is 0.463. The molecule has 1 aromatic rings. The van der Waals surface area contributed by atoms with Crippen LogP contribution >= 0.6 is 11.6 Å². The second-order valence-corrected chi connectivity index (χ2v) is 4.26. The number of aliphatic carboxylic acids is 1. The van der Waals surface area contributed by atoms with Crippen molar-refractivity contribution in [2.45, 2.75) is 12.0 Å². The molecule has 5 heteroatoms. The maximum Gasteiger partial charge on any atom is 0.331 e. The van der Waals surface area contributed by atoms with Crippen LogP contribution < -0.4 is 5.32 Å². The van der Waals surface area contributed by atoms with Gasteiger partial charge in [0, 0.05) is 23.7 Å². The van der Waals surface area contributed by atoms with Gasteiger partial charge in [0.15, 0.2) is 5.54 Å². The third-order valence-electron chi connectivity index (χ3n) is 2.66. The third kappa shape index (κ3) is 2.13. The zero-order valence-electron chi connectivity index (χ0n) is 8.57. The van der Waals surface area contributed by atoms with E-state index in [-0.39, 0.29) is 6.61 Å². The number of anilines is 1. The maximum atomic E-state index is 11.2. The highest BCUT2D eigenvalue weighted by Crippen LogP contribution is 2.25. The fourth-order valence-corrected chi connectivity index (χ4v) is 1.82. The minimum absolute atomic E-state index is 0.185. The molecule has 2 rings (SSSR count). The lowest BCUT2D eigenvalue weighted by atomic mass is 9.98. The standard InChI is InChI=1S/C11H12ClNO3/c12-8-1-3-9(4-2-8)13-11(10(14)15)5-6-16-7-11/h1-4,13H,5-7H2,(H,14,15). The normalized spacial score (nSPS) is 24.3. The van der Waals surface area contributed by atoms with Gasteiger partial charge < -0.3 is 15.2 Å². The second kappa shape index (κ2) is 4.31. The van der Waals surface area contributed by atoms with Gasteiger partial charge in [0.1, 0.15) is 0 Å². The minimum Gasteiger partial charge on any atom is -0.479 e. The second-order valence-electron chi connectivity index (χ2n) is 3.82. The Morgan fingerprint density at radius 1 is 1.44 bits per heavy atom. The number of nitrogens with one attached hydrogen (secondary N) is 1. The fraction of sp³-hybridized carbons (Fsp3) is 0.364. The van der Waals surface area contributed by atoms with Gasteiger partial charge in [-0.15, -0.1) is 0 Å². The topological polar surface area (TPSA) is 58.6 Å². The van der Waals surface area contributed by atoms with Crippen LogP contribution in [0.4, 0.5) is 5.69 Å². The molecule has 0 bridgehead atoms. The van der Waals surface area contributed by atoms with E-state index in [1.165, 1.54) is 0 Å². The van der Waals surface area contributed by atoms with E-state index in [1.807, 2.05) is 0 Å². The van der Waals surface area contributed by atoms with Gasteiger partial charge in [-0.05, 0) is 24.3 Å². The van der Waals surface area contributed by atoms with Crippen molar-refractivity contribution >= 4 is 23.3 Å². The van der Waals surface area contributed by atoms with Crippen molar-refractivity contribution in [3.05, 3.63) is 29.3 Å². The first kappa shape index (κ1) is 11.2. The monoisotopic (exact) mass is 241 g/mol. The molecule has 1 aromatic carbocycles. The Labute approximate surface area is 98.2 Å². The van der Waals surface area contributed by atoms with E-state index >= 15 is 0 Å². The largest absolute Gasteiger partial charge is 0.479 e. The molecule has 1 saturated heterocycles. The van der Waals surface area contributed by atoms with Crippen LogP contribution in [0.25, 0.3) is 0 Å². The SMILES string of the molecule is O=C(O)C1(Nc2ccc(Cl)cc2)CCOC1. The van der Waals surface area contributed by atoms with Crippen molar-refractivity contribution in [3.63, 3.8) is 0 Å². The Balaban J connectivity index is 2.18. The number of carboxylic acid groups (broad SMARTS) is 1. The zero-order valence-corrected chi connectivity index (χ0v) is 9.33. The summed E-state index contributed by atoms with van der Waals surface area (Å²) in [5, 5.41) is 12.8. The van der Waals surface area contributed by atoms with Crippen LogP contribution in [0.1, 0.15) is 6.42 Å². The van der Waals surface area contributed by atoms with Gasteiger partial charge in [-0.2, -0.15) is 0 Å². The number of halogens is 1. The number of carboxylic acids is 1. The summed E-state index contributed by atoms with van der Waals surface area (Å²) in [5.41, 5.74) is -0.273.